The van der Waals surface area contributed by atoms with E-state index >= 15 is 0 Å². The monoisotopic (exact) mass is 414 g/mol. The fourth-order valence-corrected chi connectivity index (χ4v) is 4.06. The van der Waals surface area contributed by atoms with Crippen LogP contribution in [0.4, 0.5) is 11.4 Å². The van der Waals surface area contributed by atoms with Crippen molar-refractivity contribution in [2.75, 3.05) is 15.9 Å². The Morgan fingerprint density at radius 1 is 1.12 bits per heavy atom. The zero-order valence-corrected chi connectivity index (χ0v) is 17.0. The van der Waals surface area contributed by atoms with Crippen LogP contribution < -0.4 is 9.62 Å². The van der Waals surface area contributed by atoms with Gasteiger partial charge in [-0.1, -0.05) is 47.8 Å². The number of hydrogen-bond donors (Lipinski definition) is 1. The van der Waals surface area contributed by atoms with Crippen LogP contribution in [0.15, 0.2) is 42.5 Å². The number of amides is 1. The Bertz CT molecular complexity index is 899. The molecule has 1 amide bonds. The molecule has 8 heteroatoms. The van der Waals surface area contributed by atoms with E-state index in [-0.39, 0.29) is 0 Å². The van der Waals surface area contributed by atoms with Crippen molar-refractivity contribution < 1.29 is 13.2 Å². The zero-order chi connectivity index (χ0) is 19.5. The number of halogens is 2. The van der Waals surface area contributed by atoms with Gasteiger partial charge in [-0.05, 0) is 43.7 Å². The highest BCUT2D eigenvalue weighted by molar-refractivity contribution is 7.92. The number of rotatable bonds is 6. The summed E-state index contributed by atoms with van der Waals surface area (Å²) in [6, 6.07) is 10.8. The minimum absolute atomic E-state index is 0.300. The summed E-state index contributed by atoms with van der Waals surface area (Å²) >= 11 is 11.8. The Kier molecular flexibility index (Phi) is 6.55. The topological polar surface area (TPSA) is 66.5 Å². The van der Waals surface area contributed by atoms with Gasteiger partial charge in [0.05, 0.1) is 22.0 Å². The number of carbonyl (C=O) groups excluding carboxylic acids is 1. The second-order valence-electron chi connectivity index (χ2n) is 5.94. The molecule has 5 nitrogen and oxygen atoms in total. The number of hydrogen-bond acceptors (Lipinski definition) is 3. The van der Waals surface area contributed by atoms with Crippen LogP contribution in [0, 0.1) is 6.92 Å². The summed E-state index contributed by atoms with van der Waals surface area (Å²) in [5.41, 5.74) is 1.88. The van der Waals surface area contributed by atoms with Crippen LogP contribution in [0.1, 0.15) is 18.9 Å². The molecule has 0 bridgehead atoms. The molecule has 0 aliphatic carbocycles. The van der Waals surface area contributed by atoms with Crippen molar-refractivity contribution in [2.24, 2.45) is 0 Å². The molecule has 2 aromatic rings. The van der Waals surface area contributed by atoms with Gasteiger partial charge in [-0.25, -0.2) is 8.42 Å². The van der Waals surface area contributed by atoms with Gasteiger partial charge in [-0.3, -0.25) is 9.10 Å². The summed E-state index contributed by atoms with van der Waals surface area (Å²) in [6.45, 7) is 3.66. The molecule has 1 atom stereocenters. The Balaban J connectivity index is 2.36. The fraction of sp³-hybridized carbons (Fsp3) is 0.278. The minimum atomic E-state index is -3.67. The molecule has 0 fully saturated rings. The predicted molar refractivity (Wildman–Crippen MR) is 108 cm³/mol. The summed E-state index contributed by atoms with van der Waals surface area (Å²) in [6.07, 6.45) is 1.38. The van der Waals surface area contributed by atoms with E-state index in [1.165, 1.54) is 6.07 Å². The van der Waals surface area contributed by atoms with Crippen LogP contribution in [0.5, 0.6) is 0 Å². The number of sulfonamides is 1. The molecule has 0 spiro atoms. The van der Waals surface area contributed by atoms with Gasteiger partial charge in [0, 0.05) is 5.69 Å². The van der Waals surface area contributed by atoms with Crippen LogP contribution in [0.2, 0.25) is 10.0 Å². The van der Waals surface area contributed by atoms with E-state index < -0.39 is 22.0 Å². The molecule has 0 saturated carbocycles. The second kappa shape index (κ2) is 8.29. The van der Waals surface area contributed by atoms with E-state index in [4.69, 9.17) is 23.2 Å². The van der Waals surface area contributed by atoms with E-state index in [9.17, 15) is 13.2 Å². The van der Waals surface area contributed by atoms with Crippen molar-refractivity contribution in [1.82, 2.24) is 0 Å². The molecule has 1 N–H and O–H groups in total. The summed E-state index contributed by atoms with van der Waals surface area (Å²) in [5.74, 6) is -0.447. The normalized spacial score (nSPS) is 12.5. The van der Waals surface area contributed by atoms with Gasteiger partial charge in [0.15, 0.2) is 0 Å². The smallest absolute Gasteiger partial charge is 0.248 e. The summed E-state index contributed by atoms with van der Waals surface area (Å²) in [4.78, 5) is 12.8. The first-order valence-electron chi connectivity index (χ1n) is 7.95. The lowest BCUT2D eigenvalue weighted by Crippen LogP contribution is -2.47. The Morgan fingerprint density at radius 2 is 1.73 bits per heavy atom. The molecule has 0 radical (unpaired) electrons. The number of benzene rings is 2. The van der Waals surface area contributed by atoms with Gasteiger partial charge >= 0.3 is 0 Å². The Hall–Kier alpha value is -1.76. The van der Waals surface area contributed by atoms with E-state index in [1.807, 2.05) is 6.92 Å². The SMILES string of the molecule is CCC(C(=O)Nc1ccc(Cl)c(Cl)c1)N(c1ccc(C)cc1)S(C)(=O)=O. The molecule has 2 aromatic carbocycles. The molecule has 1 unspecified atom stereocenters. The van der Waals surface area contributed by atoms with Crippen molar-refractivity contribution in [1.29, 1.82) is 0 Å². The number of carbonyl (C=O) groups is 1. The Morgan fingerprint density at radius 3 is 2.23 bits per heavy atom. The van der Waals surface area contributed by atoms with Crippen LogP contribution in [0.25, 0.3) is 0 Å². The standard InChI is InChI=1S/C18H20Cl2N2O3S/c1-4-17(18(23)21-13-7-10-15(19)16(20)11-13)22(26(3,24)25)14-8-5-12(2)6-9-14/h5-11,17H,4H2,1-3H3,(H,21,23). The third-order valence-electron chi connectivity index (χ3n) is 3.81. The molecule has 140 valence electrons. The lowest BCUT2D eigenvalue weighted by Gasteiger charge is -2.30. The quantitative estimate of drug-likeness (QED) is 0.756. The molecule has 0 aromatic heterocycles. The summed E-state index contributed by atoms with van der Waals surface area (Å²) in [7, 11) is -3.67. The van der Waals surface area contributed by atoms with Gasteiger partial charge < -0.3 is 5.32 Å². The van der Waals surface area contributed by atoms with Crippen LogP contribution in [-0.4, -0.2) is 26.6 Å². The van der Waals surface area contributed by atoms with Crippen molar-refractivity contribution >= 4 is 50.5 Å². The van der Waals surface area contributed by atoms with Crippen molar-refractivity contribution in [3.63, 3.8) is 0 Å². The maximum atomic E-state index is 12.8. The highest BCUT2D eigenvalue weighted by Crippen LogP contribution is 2.27. The molecule has 0 aliphatic heterocycles. The third kappa shape index (κ3) is 4.90. The van der Waals surface area contributed by atoms with Crippen molar-refractivity contribution in [2.45, 2.75) is 26.3 Å². The maximum Gasteiger partial charge on any atom is 0.248 e. The predicted octanol–water partition coefficient (Wildman–Crippen LogP) is 4.49. The average molecular weight is 415 g/mol. The van der Waals surface area contributed by atoms with Gasteiger partial charge in [0.1, 0.15) is 6.04 Å². The first-order valence-corrected chi connectivity index (χ1v) is 10.6. The largest absolute Gasteiger partial charge is 0.324 e. The average Bonchev–Trinajstić information content (AvgIpc) is 2.56. The van der Waals surface area contributed by atoms with E-state index in [0.29, 0.717) is 27.8 Å². The van der Waals surface area contributed by atoms with Crippen molar-refractivity contribution in [3.8, 4) is 0 Å². The van der Waals surface area contributed by atoms with Gasteiger partial charge in [0.2, 0.25) is 15.9 Å². The highest BCUT2D eigenvalue weighted by atomic mass is 35.5. The van der Waals surface area contributed by atoms with E-state index in [0.717, 1.165) is 16.1 Å². The van der Waals surface area contributed by atoms with Gasteiger partial charge in [0.25, 0.3) is 0 Å². The van der Waals surface area contributed by atoms with Gasteiger partial charge in [-0.15, -0.1) is 0 Å². The molecular weight excluding hydrogens is 395 g/mol. The second-order valence-corrected chi connectivity index (χ2v) is 8.61. The maximum absolute atomic E-state index is 12.8. The number of nitrogens with one attached hydrogen (secondary N) is 1. The molecule has 0 heterocycles. The number of anilines is 2. The van der Waals surface area contributed by atoms with Crippen LogP contribution in [-0.2, 0) is 14.8 Å². The van der Waals surface area contributed by atoms with E-state index in [2.05, 4.69) is 5.32 Å². The molecule has 26 heavy (non-hydrogen) atoms. The lowest BCUT2D eigenvalue weighted by molar-refractivity contribution is -0.117. The van der Waals surface area contributed by atoms with Crippen LogP contribution in [0.3, 0.4) is 0 Å². The lowest BCUT2D eigenvalue weighted by atomic mass is 10.1. The Labute approximate surface area is 164 Å². The summed E-state index contributed by atoms with van der Waals surface area (Å²) < 4.78 is 25.9. The highest BCUT2D eigenvalue weighted by Gasteiger charge is 2.31. The van der Waals surface area contributed by atoms with Crippen molar-refractivity contribution in [3.05, 3.63) is 58.1 Å². The zero-order valence-electron chi connectivity index (χ0n) is 14.7. The van der Waals surface area contributed by atoms with Gasteiger partial charge in [-0.2, -0.15) is 0 Å². The first kappa shape index (κ1) is 20.6. The number of nitrogens with zero attached hydrogens (tertiary/aromatic N) is 1. The molecule has 0 aliphatic rings. The molecular formula is C18H20Cl2N2O3S. The first-order chi connectivity index (χ1) is 12.1. The summed E-state index contributed by atoms with van der Waals surface area (Å²) in [5, 5.41) is 3.38. The van der Waals surface area contributed by atoms with Crippen LogP contribution >= 0.6 is 23.2 Å². The molecule has 2 rings (SSSR count). The third-order valence-corrected chi connectivity index (χ3v) is 5.72. The minimum Gasteiger partial charge on any atom is -0.324 e. The fourth-order valence-electron chi connectivity index (χ4n) is 2.55. The van der Waals surface area contributed by atoms with E-state index in [1.54, 1.807) is 43.3 Å². The molecule has 0 saturated heterocycles. The number of aryl methyl sites for hydroxylation is 1.